The largest absolute Gasteiger partial charge is 0.872 e. The number of rotatable bonds is 8. The summed E-state index contributed by atoms with van der Waals surface area (Å²) in [5, 5.41) is 22.5. The van der Waals surface area contributed by atoms with Crippen LogP contribution < -0.4 is 10.2 Å². The first-order valence-corrected chi connectivity index (χ1v) is 15.1. The van der Waals surface area contributed by atoms with Gasteiger partial charge < -0.3 is 29.4 Å². The van der Waals surface area contributed by atoms with Crippen molar-refractivity contribution in [1.82, 2.24) is 0 Å². The topological polar surface area (TPSA) is 223 Å². The second-order valence-corrected chi connectivity index (χ2v) is 11.7. The third-order valence-corrected chi connectivity index (χ3v) is 6.97. The maximum absolute atomic E-state index is 11.6. The van der Waals surface area contributed by atoms with E-state index < -0.39 is 46.9 Å². The summed E-state index contributed by atoms with van der Waals surface area (Å²) in [6, 6.07) is 20.1. The van der Waals surface area contributed by atoms with Gasteiger partial charge in [-0.25, -0.2) is 0 Å². The van der Waals surface area contributed by atoms with E-state index in [0.29, 0.717) is 23.3 Å². The summed E-state index contributed by atoms with van der Waals surface area (Å²) < 4.78 is 61.6. The van der Waals surface area contributed by atoms with Gasteiger partial charge in [0.1, 0.15) is 0 Å². The van der Waals surface area contributed by atoms with Gasteiger partial charge >= 0.3 is 0 Å². The summed E-state index contributed by atoms with van der Waals surface area (Å²) in [6.07, 6.45) is 2.19. The summed E-state index contributed by atoms with van der Waals surface area (Å²) >= 11 is 0. The Kier molecular flexibility index (Phi) is 14.5. The minimum absolute atomic E-state index is 0. The van der Waals surface area contributed by atoms with Gasteiger partial charge in [0.2, 0.25) is 0 Å². The van der Waals surface area contributed by atoms with Gasteiger partial charge in [-0.2, -0.15) is 16.8 Å². The molecule has 0 heterocycles. The van der Waals surface area contributed by atoms with Gasteiger partial charge in [-0.1, -0.05) is 36.4 Å². The zero-order valence-electron chi connectivity index (χ0n) is 23.5. The molecule has 4 rings (SSSR count). The van der Waals surface area contributed by atoms with Gasteiger partial charge in [-0.3, -0.25) is 9.11 Å². The quantitative estimate of drug-likeness (QED) is 0.116. The predicted octanol–water partition coefficient (Wildman–Crippen LogP) is 2.80. The summed E-state index contributed by atoms with van der Waals surface area (Å²) in [5.74, 6) is -2.87. The smallest absolute Gasteiger partial charge is 0.294 e. The van der Waals surface area contributed by atoms with Crippen LogP contribution in [0, 0.1) is 12.8 Å². The molecule has 4 aromatic carbocycles. The number of hydrogen-bond donors (Lipinski definition) is 2. The molecule has 12 nitrogen and oxygen atoms in total. The third kappa shape index (κ3) is 12.4. The molecule has 236 valence electrons. The molecular formula is C30H24O12S2Zr-4. The minimum atomic E-state index is -4.69. The van der Waals surface area contributed by atoms with Crippen LogP contribution in [0.1, 0.15) is 34.6 Å². The van der Waals surface area contributed by atoms with Crippen molar-refractivity contribution in [2.75, 3.05) is 0 Å². The Hall–Kier alpha value is -4.14. The fourth-order valence-electron chi connectivity index (χ4n) is 3.42. The van der Waals surface area contributed by atoms with E-state index in [1.54, 1.807) is 48.5 Å². The molecule has 0 bridgehead atoms. The Bertz CT molecular complexity index is 1770. The van der Waals surface area contributed by atoms with Crippen molar-refractivity contribution in [3.63, 3.8) is 0 Å². The summed E-state index contributed by atoms with van der Waals surface area (Å²) in [6.45, 7) is 2.72. The molecule has 0 atom stereocenters. The Morgan fingerprint density at radius 3 is 1.18 bits per heavy atom. The molecule has 0 aliphatic carbocycles. The van der Waals surface area contributed by atoms with E-state index in [2.05, 4.69) is 0 Å². The van der Waals surface area contributed by atoms with Gasteiger partial charge in [-0.15, -0.1) is 59.7 Å². The zero-order valence-corrected chi connectivity index (χ0v) is 27.6. The molecule has 4 aromatic rings. The molecule has 0 radical (unpaired) electrons. The zero-order chi connectivity index (χ0) is 33.2. The maximum Gasteiger partial charge on any atom is 0.294 e. The van der Waals surface area contributed by atoms with E-state index in [1.165, 1.54) is 13.8 Å². The summed E-state index contributed by atoms with van der Waals surface area (Å²) in [7, 11) is -9.38. The number of carbonyl (C=O) groups is 4. The van der Waals surface area contributed by atoms with Crippen molar-refractivity contribution in [2.24, 2.45) is 0 Å². The summed E-state index contributed by atoms with van der Waals surface area (Å²) in [5.41, 5.74) is 1.10. The number of benzene rings is 4. The Balaban J connectivity index is 0.000000353. The number of carbonyl (C=O) groups excluding carboxylic acids is 4. The standard InChI is InChI=1S/C10H8O8S2.2C10H9O2.Zr/c11-8-3-6(19(13,14)15)1-5-2-7(20(16,17)18)4-9(12)10(5)8;2*1-8(11)7-10(12)9-5-3-2-4-6-9;/h1-4,11-12H,(H,13,14,15)(H,16,17,18);2*2-7H,1H3;/q;2*-1;/p-2. The predicted molar refractivity (Wildman–Crippen MR) is 154 cm³/mol. The van der Waals surface area contributed by atoms with Crippen molar-refractivity contribution in [3.05, 3.63) is 109 Å². The van der Waals surface area contributed by atoms with Crippen LogP contribution >= 0.6 is 0 Å². The van der Waals surface area contributed by atoms with Crippen LogP contribution in [0.2, 0.25) is 0 Å². The van der Waals surface area contributed by atoms with Gasteiger partial charge in [0, 0.05) is 37.8 Å². The average Bonchev–Trinajstić information content (AvgIpc) is 2.92. The Morgan fingerprint density at radius 2 is 0.911 bits per heavy atom. The first kappa shape index (κ1) is 38.9. The van der Waals surface area contributed by atoms with E-state index in [0.717, 1.165) is 25.0 Å². The van der Waals surface area contributed by atoms with Crippen LogP contribution in [0.4, 0.5) is 0 Å². The van der Waals surface area contributed by atoms with Gasteiger partial charge in [0.15, 0.2) is 0 Å². The fraction of sp³-hybridized carbons (Fsp3) is 0.0667. The van der Waals surface area contributed by atoms with E-state index in [4.69, 9.17) is 9.11 Å². The molecule has 0 spiro atoms. The molecule has 0 aliphatic heterocycles. The Labute approximate surface area is 278 Å². The van der Waals surface area contributed by atoms with E-state index in [1.807, 2.05) is 12.1 Å². The van der Waals surface area contributed by atoms with Gasteiger partial charge in [-0.05, 0) is 48.9 Å². The first-order chi connectivity index (χ1) is 20.4. The number of ketones is 4. The van der Waals surface area contributed by atoms with Gasteiger partial charge in [0.05, 0.1) is 21.4 Å². The normalized spacial score (nSPS) is 10.5. The van der Waals surface area contributed by atoms with Crippen molar-refractivity contribution in [3.8, 4) is 11.5 Å². The van der Waals surface area contributed by atoms with Crippen LogP contribution in [-0.2, 0) is 56.0 Å². The number of hydrogen-bond acceptors (Lipinski definition) is 10. The average molecular weight is 732 g/mol. The van der Waals surface area contributed by atoms with E-state index in [9.17, 15) is 46.2 Å². The maximum atomic E-state index is 11.6. The van der Waals surface area contributed by atoms with Crippen LogP contribution in [0.3, 0.4) is 0 Å². The van der Waals surface area contributed by atoms with Crippen LogP contribution in [0.15, 0.2) is 94.7 Å². The minimum Gasteiger partial charge on any atom is -0.872 e. The third-order valence-electron chi connectivity index (χ3n) is 5.30. The van der Waals surface area contributed by atoms with Crippen LogP contribution in [0.25, 0.3) is 10.8 Å². The molecule has 0 unspecified atom stereocenters. The molecule has 0 aliphatic rings. The number of fused-ring (bicyclic) bond motifs is 1. The second-order valence-electron chi connectivity index (χ2n) is 8.86. The molecule has 15 heteroatoms. The van der Waals surface area contributed by atoms with Crippen molar-refractivity contribution in [2.45, 2.75) is 23.6 Å². The SMILES string of the molecule is CC(=O)[CH-]C(=O)c1ccccc1.CC(=O)[CH-]C(=O)c1ccccc1.O=S(=O)(O)c1cc([O-])c2c([O-])cc(S(=O)(=O)O)cc2c1.[Zr]. The molecule has 45 heavy (non-hydrogen) atoms. The second kappa shape index (κ2) is 16.8. The molecule has 0 aromatic heterocycles. The van der Waals surface area contributed by atoms with E-state index in [-0.39, 0.29) is 54.7 Å². The molecular weight excluding hydrogens is 708 g/mol. The number of Topliss-reactive ketones (excluding diaryl/α,β-unsaturated/α-hetero) is 4. The molecule has 0 fully saturated rings. The summed E-state index contributed by atoms with van der Waals surface area (Å²) in [4.78, 5) is 41.9. The Morgan fingerprint density at radius 1 is 0.600 bits per heavy atom. The molecule has 0 saturated heterocycles. The van der Waals surface area contributed by atoms with Gasteiger partial charge in [0.25, 0.3) is 20.2 Å². The van der Waals surface area contributed by atoms with Crippen molar-refractivity contribution in [1.29, 1.82) is 0 Å². The molecule has 0 amide bonds. The van der Waals surface area contributed by atoms with Crippen molar-refractivity contribution < 1.29 is 81.5 Å². The van der Waals surface area contributed by atoms with Crippen LogP contribution in [-0.4, -0.2) is 49.1 Å². The molecule has 2 N–H and O–H groups in total. The van der Waals surface area contributed by atoms with E-state index >= 15 is 0 Å². The molecule has 0 saturated carbocycles. The monoisotopic (exact) mass is 730 g/mol. The van der Waals surface area contributed by atoms with Crippen LogP contribution in [0.5, 0.6) is 11.5 Å². The fourth-order valence-corrected chi connectivity index (χ4v) is 4.49. The first-order valence-electron chi connectivity index (χ1n) is 12.2. The van der Waals surface area contributed by atoms with Crippen molar-refractivity contribution >= 4 is 54.1 Å².